The summed E-state index contributed by atoms with van der Waals surface area (Å²) < 4.78 is 9.95. The van der Waals surface area contributed by atoms with Gasteiger partial charge in [-0.15, -0.1) is 0 Å². The van der Waals surface area contributed by atoms with Crippen molar-refractivity contribution in [2.75, 3.05) is 27.4 Å². The van der Waals surface area contributed by atoms with Gasteiger partial charge >= 0.3 is 12.0 Å². The fraction of sp³-hybridized carbons (Fsp3) is 0.412. The van der Waals surface area contributed by atoms with Gasteiger partial charge in [-0.3, -0.25) is 4.90 Å². The highest BCUT2D eigenvalue weighted by Crippen LogP contribution is 2.31. The molecule has 0 saturated carbocycles. The van der Waals surface area contributed by atoms with E-state index in [-0.39, 0.29) is 6.03 Å². The van der Waals surface area contributed by atoms with Crippen LogP contribution < -0.4 is 5.32 Å². The molecule has 124 valence electrons. The Kier molecular flexibility index (Phi) is 5.39. The zero-order valence-electron chi connectivity index (χ0n) is 13.9. The van der Waals surface area contributed by atoms with Crippen LogP contribution in [0.15, 0.2) is 35.5 Å². The lowest BCUT2D eigenvalue weighted by Gasteiger charge is -2.35. The van der Waals surface area contributed by atoms with Crippen LogP contribution in [0, 0.1) is 6.92 Å². The molecule has 23 heavy (non-hydrogen) atoms. The smallest absolute Gasteiger partial charge is 0.337 e. The van der Waals surface area contributed by atoms with Gasteiger partial charge < -0.3 is 14.8 Å². The molecule has 1 N–H and O–H groups in total. The largest absolute Gasteiger partial charge is 0.466 e. The topological polar surface area (TPSA) is 67.9 Å². The molecule has 1 unspecified atom stereocenters. The van der Waals surface area contributed by atoms with Crippen LogP contribution in [0.4, 0.5) is 4.79 Å². The summed E-state index contributed by atoms with van der Waals surface area (Å²) in [7, 11) is 2.91. The number of amides is 2. The van der Waals surface area contributed by atoms with E-state index >= 15 is 0 Å². The zero-order valence-corrected chi connectivity index (χ0v) is 13.9. The Morgan fingerprint density at radius 2 is 2.04 bits per heavy atom. The maximum atomic E-state index is 12.4. The number of methoxy groups -OCH3 is 2. The first kappa shape index (κ1) is 17.0. The van der Waals surface area contributed by atoms with Crippen LogP contribution in [0.1, 0.15) is 24.1 Å². The third-order valence-electron chi connectivity index (χ3n) is 3.90. The average molecular weight is 318 g/mol. The van der Waals surface area contributed by atoms with E-state index in [1.165, 1.54) is 12.0 Å². The van der Waals surface area contributed by atoms with Crippen molar-refractivity contribution in [3.05, 3.63) is 46.7 Å². The average Bonchev–Trinajstić information content (AvgIpc) is 2.53. The van der Waals surface area contributed by atoms with Gasteiger partial charge in [0.1, 0.15) is 0 Å². The lowest BCUT2D eigenvalue weighted by molar-refractivity contribution is -0.136. The quantitative estimate of drug-likeness (QED) is 0.845. The van der Waals surface area contributed by atoms with E-state index in [2.05, 4.69) is 5.32 Å². The van der Waals surface area contributed by atoms with E-state index in [0.717, 1.165) is 11.1 Å². The number of nitrogens with zero attached hydrogens (tertiary/aromatic N) is 1. The van der Waals surface area contributed by atoms with Crippen LogP contribution >= 0.6 is 0 Å². The molecule has 1 heterocycles. The number of carbonyl (C=O) groups is 2. The first-order valence-corrected chi connectivity index (χ1v) is 7.42. The second-order valence-electron chi connectivity index (χ2n) is 5.43. The number of hydrogen-bond acceptors (Lipinski definition) is 4. The van der Waals surface area contributed by atoms with Crippen molar-refractivity contribution in [3.8, 4) is 0 Å². The molecule has 1 aromatic rings. The third-order valence-corrected chi connectivity index (χ3v) is 3.90. The van der Waals surface area contributed by atoms with Crippen molar-refractivity contribution < 1.29 is 19.1 Å². The Labute approximate surface area is 136 Å². The Bertz CT molecular complexity index is 639. The number of hydrogen-bond donors (Lipinski definition) is 1. The van der Waals surface area contributed by atoms with Gasteiger partial charge in [-0.1, -0.05) is 29.8 Å². The van der Waals surface area contributed by atoms with Crippen molar-refractivity contribution in [3.63, 3.8) is 0 Å². The number of nitrogens with one attached hydrogen (secondary N) is 1. The maximum absolute atomic E-state index is 12.4. The lowest BCUT2D eigenvalue weighted by Crippen LogP contribution is -2.48. The summed E-state index contributed by atoms with van der Waals surface area (Å²) in [5, 5.41) is 2.89. The van der Waals surface area contributed by atoms with E-state index < -0.39 is 12.0 Å². The molecule has 0 aromatic heterocycles. The van der Waals surface area contributed by atoms with E-state index in [0.29, 0.717) is 24.4 Å². The normalized spacial score (nSPS) is 18.0. The number of benzene rings is 1. The van der Waals surface area contributed by atoms with Crippen LogP contribution in [0.5, 0.6) is 0 Å². The van der Waals surface area contributed by atoms with Crippen molar-refractivity contribution in [2.24, 2.45) is 0 Å². The highest BCUT2D eigenvalue weighted by molar-refractivity contribution is 5.95. The molecule has 0 aliphatic carbocycles. The summed E-state index contributed by atoms with van der Waals surface area (Å²) in [5.41, 5.74) is 2.93. The van der Waals surface area contributed by atoms with Crippen LogP contribution in [0.25, 0.3) is 0 Å². The van der Waals surface area contributed by atoms with Gasteiger partial charge in [-0.05, 0) is 19.4 Å². The number of ether oxygens (including phenoxy) is 2. The molecule has 6 heteroatoms. The van der Waals surface area contributed by atoms with Gasteiger partial charge in [0, 0.05) is 12.8 Å². The third kappa shape index (κ3) is 3.53. The standard InChI is InChI=1S/C17H22N2O4/c1-11-6-5-7-13(10-11)15-14(16(20)23-4)12(2)19(8-9-22-3)17(21)18-15/h5-7,10,15H,8-9H2,1-4H3,(H,18,21). The Morgan fingerprint density at radius 1 is 1.30 bits per heavy atom. The zero-order chi connectivity index (χ0) is 17.0. The molecule has 2 amide bonds. The number of carbonyl (C=O) groups excluding carboxylic acids is 2. The second-order valence-corrected chi connectivity index (χ2v) is 5.43. The van der Waals surface area contributed by atoms with Gasteiger partial charge in [0.2, 0.25) is 0 Å². The van der Waals surface area contributed by atoms with E-state index in [1.54, 1.807) is 14.0 Å². The Hall–Kier alpha value is -2.34. The lowest BCUT2D eigenvalue weighted by atomic mass is 9.94. The van der Waals surface area contributed by atoms with Crippen molar-refractivity contribution >= 4 is 12.0 Å². The van der Waals surface area contributed by atoms with Gasteiger partial charge in [-0.2, -0.15) is 0 Å². The van der Waals surface area contributed by atoms with E-state index in [4.69, 9.17) is 9.47 Å². The summed E-state index contributed by atoms with van der Waals surface area (Å²) in [4.78, 5) is 26.2. The van der Waals surface area contributed by atoms with Crippen LogP contribution in [0.2, 0.25) is 0 Å². The van der Waals surface area contributed by atoms with Crippen molar-refractivity contribution in [1.82, 2.24) is 10.2 Å². The fourth-order valence-electron chi connectivity index (χ4n) is 2.71. The SMILES string of the molecule is COCCN1C(=O)NC(c2cccc(C)c2)C(C(=O)OC)=C1C. The molecule has 0 spiro atoms. The molecule has 1 aliphatic heterocycles. The summed E-state index contributed by atoms with van der Waals surface area (Å²) in [6.45, 7) is 4.47. The number of allylic oxidation sites excluding steroid dienone is 1. The summed E-state index contributed by atoms with van der Waals surface area (Å²) >= 11 is 0. The molecule has 0 saturated heterocycles. The molecule has 0 fully saturated rings. The minimum Gasteiger partial charge on any atom is -0.466 e. The molecule has 1 atom stereocenters. The van der Waals surface area contributed by atoms with Crippen molar-refractivity contribution in [1.29, 1.82) is 0 Å². The number of aryl methyl sites for hydroxylation is 1. The van der Waals surface area contributed by atoms with Crippen LogP contribution in [-0.2, 0) is 14.3 Å². The maximum Gasteiger partial charge on any atom is 0.337 e. The Balaban J connectivity index is 2.48. The van der Waals surface area contributed by atoms with Gasteiger partial charge in [0.25, 0.3) is 0 Å². The summed E-state index contributed by atoms with van der Waals surface area (Å²) in [6.07, 6.45) is 0. The predicted molar refractivity (Wildman–Crippen MR) is 85.7 cm³/mol. The van der Waals surface area contributed by atoms with Gasteiger partial charge in [-0.25, -0.2) is 9.59 Å². The van der Waals surface area contributed by atoms with E-state index in [1.807, 2.05) is 31.2 Å². The molecule has 0 radical (unpaired) electrons. The van der Waals surface area contributed by atoms with Crippen molar-refractivity contribution in [2.45, 2.75) is 19.9 Å². The minimum atomic E-state index is -0.520. The number of rotatable bonds is 5. The molecular weight excluding hydrogens is 296 g/mol. The van der Waals surface area contributed by atoms with Crippen LogP contribution in [-0.4, -0.2) is 44.3 Å². The van der Waals surface area contributed by atoms with Gasteiger partial charge in [0.05, 0.1) is 31.9 Å². The monoisotopic (exact) mass is 318 g/mol. The Morgan fingerprint density at radius 3 is 2.65 bits per heavy atom. The molecule has 1 aliphatic rings. The number of urea groups is 1. The van der Waals surface area contributed by atoms with E-state index in [9.17, 15) is 9.59 Å². The van der Waals surface area contributed by atoms with Gasteiger partial charge in [0.15, 0.2) is 0 Å². The highest BCUT2D eigenvalue weighted by atomic mass is 16.5. The second kappa shape index (κ2) is 7.28. The predicted octanol–water partition coefficient (Wildman–Crippen LogP) is 2.15. The molecule has 6 nitrogen and oxygen atoms in total. The molecule has 0 bridgehead atoms. The minimum absolute atomic E-state index is 0.251. The summed E-state index contributed by atoms with van der Waals surface area (Å²) in [5.74, 6) is -0.448. The fourth-order valence-corrected chi connectivity index (χ4v) is 2.71. The number of esters is 1. The van der Waals surface area contributed by atoms with Crippen LogP contribution in [0.3, 0.4) is 0 Å². The first-order chi connectivity index (χ1) is 11.0. The molecular formula is C17H22N2O4. The molecule has 2 rings (SSSR count). The first-order valence-electron chi connectivity index (χ1n) is 7.42. The highest BCUT2D eigenvalue weighted by Gasteiger charge is 2.35. The summed E-state index contributed by atoms with van der Waals surface area (Å²) in [6, 6.07) is 6.93. The molecule has 1 aromatic carbocycles.